The molecule has 1 aliphatic rings. The molecule has 7 nitrogen and oxygen atoms in total. The molecule has 152 valence electrons. The van der Waals surface area contributed by atoms with Crippen LogP contribution in [0.5, 0.6) is 0 Å². The van der Waals surface area contributed by atoms with E-state index in [1.807, 2.05) is 21.8 Å². The van der Waals surface area contributed by atoms with Gasteiger partial charge in [-0.2, -0.15) is 5.10 Å². The van der Waals surface area contributed by atoms with Gasteiger partial charge < -0.3 is 4.90 Å². The first-order valence-corrected chi connectivity index (χ1v) is 10.1. The Labute approximate surface area is 173 Å². The Hall–Kier alpha value is -2.74. The monoisotopic (exact) mass is 416 g/mol. The molecule has 0 radical (unpaired) electrons. The maximum absolute atomic E-state index is 13.2. The van der Waals surface area contributed by atoms with E-state index in [0.29, 0.717) is 22.8 Å². The van der Waals surface area contributed by atoms with Crippen LogP contribution < -0.4 is 0 Å². The normalized spacial score (nSPS) is 16.9. The number of nitrogens with zero attached hydrogens (tertiary/aromatic N) is 6. The number of hydrogen-bond donors (Lipinski definition) is 0. The summed E-state index contributed by atoms with van der Waals surface area (Å²) in [7, 11) is 0. The second kappa shape index (κ2) is 8.73. The summed E-state index contributed by atoms with van der Waals surface area (Å²) in [5.41, 5.74) is 1.03. The number of carbonyl (C=O) groups is 1. The second-order valence-electron chi connectivity index (χ2n) is 7.24. The van der Waals surface area contributed by atoms with E-state index in [4.69, 9.17) is 11.6 Å². The second-order valence-corrected chi connectivity index (χ2v) is 7.65. The fraction of sp³-hybridized carbons (Fsp3) is 0.400. The van der Waals surface area contributed by atoms with E-state index in [2.05, 4.69) is 15.4 Å². The van der Waals surface area contributed by atoms with Crippen LogP contribution in [0.3, 0.4) is 0 Å². The maximum Gasteiger partial charge on any atom is 0.276 e. The van der Waals surface area contributed by atoms with Crippen molar-refractivity contribution in [3.8, 4) is 0 Å². The smallest absolute Gasteiger partial charge is 0.276 e. The number of hydrogen-bond acceptors (Lipinski definition) is 4. The van der Waals surface area contributed by atoms with Crippen LogP contribution in [-0.4, -0.2) is 48.2 Å². The van der Waals surface area contributed by atoms with Gasteiger partial charge in [-0.3, -0.25) is 9.48 Å². The number of aromatic nitrogens is 5. The summed E-state index contributed by atoms with van der Waals surface area (Å²) in [6.07, 6.45) is 9.25. The van der Waals surface area contributed by atoms with E-state index in [0.717, 1.165) is 38.8 Å². The molecule has 0 bridgehead atoms. The fourth-order valence-electron chi connectivity index (χ4n) is 3.73. The molecule has 1 amide bonds. The first kappa shape index (κ1) is 19.6. The first-order valence-electron chi connectivity index (χ1n) is 9.72. The maximum atomic E-state index is 13.2. The number of likely N-dealkylation sites (tertiary alicyclic amines) is 1. The van der Waals surface area contributed by atoms with Crippen molar-refractivity contribution in [2.45, 2.75) is 44.8 Å². The van der Waals surface area contributed by atoms with E-state index in [9.17, 15) is 9.18 Å². The Kier molecular flexibility index (Phi) is 5.89. The molecule has 1 aliphatic heterocycles. The third kappa shape index (κ3) is 4.64. The number of benzene rings is 1. The molecule has 9 heteroatoms. The van der Waals surface area contributed by atoms with Crippen molar-refractivity contribution in [1.82, 2.24) is 29.7 Å². The van der Waals surface area contributed by atoms with Gasteiger partial charge in [-0.1, -0.05) is 22.9 Å². The van der Waals surface area contributed by atoms with Gasteiger partial charge in [0, 0.05) is 36.5 Å². The van der Waals surface area contributed by atoms with Crippen LogP contribution in [0.1, 0.15) is 41.7 Å². The van der Waals surface area contributed by atoms with Gasteiger partial charge in [-0.05, 0) is 49.4 Å². The molecule has 3 aromatic rings. The highest BCUT2D eigenvalue weighted by atomic mass is 35.5. The summed E-state index contributed by atoms with van der Waals surface area (Å²) in [5.74, 6) is -0.494. The van der Waals surface area contributed by atoms with E-state index in [-0.39, 0.29) is 17.8 Å². The molecule has 2 aromatic heterocycles. The van der Waals surface area contributed by atoms with Gasteiger partial charge in [0.15, 0.2) is 5.69 Å². The molecule has 1 saturated heterocycles. The number of piperidine rings is 1. The molecule has 1 fully saturated rings. The molecule has 4 rings (SSSR count). The number of rotatable bonds is 6. The zero-order chi connectivity index (χ0) is 20.2. The van der Waals surface area contributed by atoms with Gasteiger partial charge in [-0.25, -0.2) is 9.07 Å². The summed E-state index contributed by atoms with van der Waals surface area (Å²) >= 11 is 6.08. The highest BCUT2D eigenvalue weighted by Gasteiger charge is 2.29. The topological polar surface area (TPSA) is 68.8 Å². The van der Waals surface area contributed by atoms with Crippen LogP contribution in [0.15, 0.2) is 42.9 Å². The van der Waals surface area contributed by atoms with Crippen molar-refractivity contribution < 1.29 is 9.18 Å². The Balaban J connectivity index is 1.43. The summed E-state index contributed by atoms with van der Waals surface area (Å²) in [6, 6.07) is 6.28. The zero-order valence-electron chi connectivity index (χ0n) is 15.9. The molecule has 0 spiro atoms. The van der Waals surface area contributed by atoms with Crippen LogP contribution in [0.25, 0.3) is 0 Å². The van der Waals surface area contributed by atoms with Crippen molar-refractivity contribution >= 4 is 17.5 Å². The minimum absolute atomic E-state index is 0.105. The molecule has 29 heavy (non-hydrogen) atoms. The van der Waals surface area contributed by atoms with Gasteiger partial charge >= 0.3 is 0 Å². The lowest BCUT2D eigenvalue weighted by Gasteiger charge is -2.35. The lowest BCUT2D eigenvalue weighted by atomic mass is 9.99. The molecular weight excluding hydrogens is 395 g/mol. The Morgan fingerprint density at radius 2 is 2.17 bits per heavy atom. The van der Waals surface area contributed by atoms with Crippen molar-refractivity contribution in [1.29, 1.82) is 0 Å². The predicted octanol–water partition coefficient (Wildman–Crippen LogP) is 3.40. The molecule has 0 N–H and O–H groups in total. The van der Waals surface area contributed by atoms with Crippen LogP contribution in [0, 0.1) is 5.82 Å². The zero-order valence-corrected chi connectivity index (χ0v) is 16.7. The van der Waals surface area contributed by atoms with Gasteiger partial charge in [0.2, 0.25) is 0 Å². The summed E-state index contributed by atoms with van der Waals surface area (Å²) in [6.45, 7) is 1.82. The highest BCUT2D eigenvalue weighted by molar-refractivity contribution is 6.31. The lowest BCUT2D eigenvalue weighted by Crippen LogP contribution is -2.44. The number of halogens is 2. The van der Waals surface area contributed by atoms with Crippen molar-refractivity contribution in [2.24, 2.45) is 0 Å². The number of aryl methyl sites for hydroxylation is 1. The highest BCUT2D eigenvalue weighted by Crippen LogP contribution is 2.22. The SMILES string of the molecule is O=C(c1cn(Cc2ccc(F)cc2Cl)nn1)N1CCCC[C@H]1CCn1cccn1. The summed E-state index contributed by atoms with van der Waals surface area (Å²) < 4.78 is 16.7. The Morgan fingerprint density at radius 1 is 1.28 bits per heavy atom. The third-order valence-corrected chi connectivity index (χ3v) is 5.60. The average Bonchev–Trinajstić information content (AvgIpc) is 3.40. The number of amides is 1. The standard InChI is InChI=1S/C20H22ClFN6O/c21-18-12-16(22)6-5-15(18)13-27-14-19(24-25-27)20(29)28-10-2-1-4-17(28)7-11-26-9-3-8-23-26/h3,5-6,8-9,12,14,17H,1-2,4,7,10-11,13H2/t17-/m0/s1. The average molecular weight is 417 g/mol. The van der Waals surface area contributed by atoms with Gasteiger partial charge in [0.05, 0.1) is 12.7 Å². The van der Waals surface area contributed by atoms with E-state index in [1.54, 1.807) is 23.1 Å². The molecule has 3 heterocycles. The fourth-order valence-corrected chi connectivity index (χ4v) is 3.95. The van der Waals surface area contributed by atoms with E-state index < -0.39 is 0 Å². The predicted molar refractivity (Wildman–Crippen MR) is 106 cm³/mol. The molecule has 1 atom stereocenters. The van der Waals surface area contributed by atoms with Gasteiger partial charge in [-0.15, -0.1) is 5.10 Å². The summed E-state index contributed by atoms with van der Waals surface area (Å²) in [4.78, 5) is 15.0. The molecule has 1 aromatic carbocycles. The Morgan fingerprint density at radius 3 is 2.97 bits per heavy atom. The minimum Gasteiger partial charge on any atom is -0.334 e. The van der Waals surface area contributed by atoms with Crippen molar-refractivity contribution in [3.63, 3.8) is 0 Å². The van der Waals surface area contributed by atoms with E-state index >= 15 is 0 Å². The van der Waals surface area contributed by atoms with Gasteiger partial charge in [0.25, 0.3) is 5.91 Å². The van der Waals surface area contributed by atoms with Crippen molar-refractivity contribution in [3.05, 3.63) is 65.0 Å². The van der Waals surface area contributed by atoms with E-state index in [1.165, 1.54) is 12.1 Å². The Bertz CT molecular complexity index is 973. The van der Waals surface area contributed by atoms with Gasteiger partial charge in [0.1, 0.15) is 5.82 Å². The third-order valence-electron chi connectivity index (χ3n) is 5.24. The molecular formula is C20H22ClFN6O. The molecule has 0 aliphatic carbocycles. The first-order chi connectivity index (χ1) is 14.1. The van der Waals surface area contributed by atoms with Crippen molar-refractivity contribution in [2.75, 3.05) is 6.54 Å². The quantitative estimate of drug-likeness (QED) is 0.617. The summed E-state index contributed by atoms with van der Waals surface area (Å²) in [5, 5.41) is 12.7. The largest absolute Gasteiger partial charge is 0.334 e. The van der Waals surface area contributed by atoms with Crippen LogP contribution >= 0.6 is 11.6 Å². The number of carbonyl (C=O) groups excluding carboxylic acids is 1. The van der Waals surface area contributed by atoms with Crippen LogP contribution in [-0.2, 0) is 13.1 Å². The minimum atomic E-state index is -0.389. The van der Waals surface area contributed by atoms with Crippen LogP contribution in [0.2, 0.25) is 5.02 Å². The molecule has 0 saturated carbocycles. The molecule has 0 unspecified atom stereocenters. The lowest BCUT2D eigenvalue weighted by molar-refractivity contribution is 0.0587. The van der Waals surface area contributed by atoms with Crippen LogP contribution in [0.4, 0.5) is 4.39 Å².